The van der Waals surface area contributed by atoms with Gasteiger partial charge in [0.05, 0.1) is 5.02 Å². The molecule has 2 aromatic carbocycles. The Kier molecular flexibility index (Phi) is 6.00. The quantitative estimate of drug-likeness (QED) is 0.644. The maximum atomic E-state index is 14.5. The smallest absolute Gasteiger partial charge is 0.322 e. The Balaban J connectivity index is 1.44. The predicted octanol–water partition coefficient (Wildman–Crippen LogP) is 3.53. The Hall–Kier alpha value is -3.20. The molecule has 3 amide bonds. The topological polar surface area (TPSA) is 83.6 Å². The summed E-state index contributed by atoms with van der Waals surface area (Å²) < 4.78 is 42.3. The molecule has 2 aliphatic rings. The summed E-state index contributed by atoms with van der Waals surface area (Å²) in [6, 6.07) is 6.35. The van der Waals surface area contributed by atoms with Crippen LogP contribution in [0.15, 0.2) is 36.4 Å². The van der Waals surface area contributed by atoms with Gasteiger partial charge in [0.15, 0.2) is 0 Å². The number of carbonyl (C=O) groups excluding carboxylic acids is 4. The fraction of sp³-hybridized carbons (Fsp3) is 0.304. The molecule has 0 saturated carbocycles. The summed E-state index contributed by atoms with van der Waals surface area (Å²) in [6.07, 6.45) is -0.111. The summed E-state index contributed by atoms with van der Waals surface area (Å²) in [5.41, 5.74) is 0.902. The number of Topliss-reactive ketones (excluding diaryl/α,β-unsaturated/α-hetero) is 1. The van der Waals surface area contributed by atoms with Crippen LogP contribution in [0.25, 0.3) is 0 Å². The van der Waals surface area contributed by atoms with Gasteiger partial charge in [-0.1, -0.05) is 23.7 Å². The molecule has 1 unspecified atom stereocenters. The number of halogens is 4. The monoisotopic (exact) mass is 478 g/mol. The maximum Gasteiger partial charge on any atom is 0.330 e. The lowest BCUT2D eigenvalue weighted by atomic mass is 9.97. The van der Waals surface area contributed by atoms with Crippen LogP contribution in [0.3, 0.4) is 0 Å². The number of hydrogen-bond donors (Lipinski definition) is 1. The number of nitrogens with one attached hydrogen (secondary N) is 1. The van der Waals surface area contributed by atoms with Gasteiger partial charge in [-0.2, -0.15) is 8.78 Å². The lowest BCUT2D eigenvalue weighted by Gasteiger charge is -2.29. The van der Waals surface area contributed by atoms with Crippen LogP contribution in [0.5, 0.6) is 0 Å². The zero-order valence-corrected chi connectivity index (χ0v) is 17.9. The molecule has 0 spiro atoms. The number of imide groups is 1. The third kappa shape index (κ3) is 4.37. The summed E-state index contributed by atoms with van der Waals surface area (Å²) in [5, 5.41) is 1.73. The average Bonchev–Trinajstić information content (AvgIpc) is 3.09. The molecule has 1 N–H and O–H groups in total. The fourth-order valence-corrected chi connectivity index (χ4v) is 4.23. The van der Waals surface area contributed by atoms with E-state index < -0.39 is 46.5 Å². The van der Waals surface area contributed by atoms with E-state index in [-0.39, 0.29) is 37.6 Å². The van der Waals surface area contributed by atoms with Crippen LogP contribution >= 0.6 is 11.6 Å². The number of nitrogens with zero attached hydrogens (tertiary/aromatic N) is 1. The first-order valence-electron chi connectivity index (χ1n) is 10.2. The molecule has 2 aliphatic heterocycles. The number of alkyl halides is 2. The van der Waals surface area contributed by atoms with Crippen molar-refractivity contribution in [3.8, 4) is 0 Å². The molecule has 1 saturated heterocycles. The van der Waals surface area contributed by atoms with Gasteiger partial charge < -0.3 is 4.90 Å². The van der Waals surface area contributed by atoms with Gasteiger partial charge in [-0.25, -0.2) is 4.39 Å². The first-order valence-corrected chi connectivity index (χ1v) is 10.6. The predicted molar refractivity (Wildman–Crippen MR) is 111 cm³/mol. The van der Waals surface area contributed by atoms with Crippen molar-refractivity contribution in [2.45, 2.75) is 44.2 Å². The highest BCUT2D eigenvalue weighted by molar-refractivity contribution is 6.30. The Labute approximate surface area is 191 Å². The van der Waals surface area contributed by atoms with Crippen molar-refractivity contribution in [1.82, 2.24) is 10.2 Å². The van der Waals surface area contributed by atoms with Crippen molar-refractivity contribution in [3.63, 3.8) is 0 Å². The third-order valence-electron chi connectivity index (χ3n) is 5.86. The number of benzene rings is 2. The second-order valence-electron chi connectivity index (χ2n) is 8.02. The molecule has 0 aromatic heterocycles. The number of carbonyl (C=O) groups is 4. The number of rotatable bonds is 6. The summed E-state index contributed by atoms with van der Waals surface area (Å²) in [6.45, 7) is 0.145. The van der Waals surface area contributed by atoms with Crippen LogP contribution in [0.1, 0.15) is 46.3 Å². The van der Waals surface area contributed by atoms with Gasteiger partial charge >= 0.3 is 5.92 Å². The van der Waals surface area contributed by atoms with E-state index in [0.717, 1.165) is 18.2 Å². The first-order chi connectivity index (χ1) is 15.6. The van der Waals surface area contributed by atoms with Crippen molar-refractivity contribution in [2.24, 2.45) is 0 Å². The van der Waals surface area contributed by atoms with E-state index in [4.69, 9.17) is 11.6 Å². The molecule has 1 fully saturated rings. The minimum Gasteiger partial charge on any atom is -0.322 e. The van der Waals surface area contributed by atoms with Gasteiger partial charge in [0.2, 0.25) is 17.6 Å². The largest absolute Gasteiger partial charge is 0.330 e. The standard InChI is InChI=1S/C23H18ClF3N2O4/c24-16-10-14(3-5-17(16)25)23(26,27)19(30)7-2-12-1-4-15-13(9-12)11-29(22(15)33)18-6-8-20(31)28-21(18)32/h1,3-5,9-10,18H,2,6-8,11H2,(H,28,31,32). The zero-order chi connectivity index (χ0) is 23.9. The molecule has 2 aromatic rings. The van der Waals surface area contributed by atoms with Gasteiger partial charge in [-0.15, -0.1) is 0 Å². The van der Waals surface area contributed by atoms with E-state index in [1.807, 2.05) is 0 Å². The summed E-state index contributed by atoms with van der Waals surface area (Å²) in [5.74, 6) is -7.28. The highest BCUT2D eigenvalue weighted by Crippen LogP contribution is 2.33. The number of amides is 3. The molecule has 4 rings (SSSR count). The lowest BCUT2D eigenvalue weighted by Crippen LogP contribution is -2.52. The van der Waals surface area contributed by atoms with Crippen LogP contribution in [0.2, 0.25) is 5.02 Å². The molecule has 33 heavy (non-hydrogen) atoms. The van der Waals surface area contributed by atoms with Crippen LogP contribution in [0.4, 0.5) is 13.2 Å². The molecule has 0 bridgehead atoms. The highest BCUT2D eigenvalue weighted by Gasteiger charge is 2.41. The molecule has 0 aliphatic carbocycles. The molecular weight excluding hydrogens is 461 g/mol. The number of piperidine rings is 1. The third-order valence-corrected chi connectivity index (χ3v) is 6.15. The summed E-state index contributed by atoms with van der Waals surface area (Å²) in [4.78, 5) is 49.8. The van der Waals surface area contributed by atoms with Crippen LogP contribution in [-0.2, 0) is 33.3 Å². The Bertz CT molecular complexity index is 1180. The molecule has 0 radical (unpaired) electrons. The molecular formula is C23H18ClF3N2O4. The second-order valence-corrected chi connectivity index (χ2v) is 8.43. The van der Waals surface area contributed by atoms with E-state index >= 15 is 0 Å². The van der Waals surface area contributed by atoms with Crippen molar-refractivity contribution < 1.29 is 32.3 Å². The van der Waals surface area contributed by atoms with Crippen LogP contribution < -0.4 is 5.32 Å². The Morgan fingerprint density at radius 1 is 1.15 bits per heavy atom. The van der Waals surface area contributed by atoms with E-state index in [2.05, 4.69) is 5.32 Å². The summed E-state index contributed by atoms with van der Waals surface area (Å²) in [7, 11) is 0. The normalized spacial score (nSPS) is 18.4. The summed E-state index contributed by atoms with van der Waals surface area (Å²) >= 11 is 5.55. The zero-order valence-electron chi connectivity index (χ0n) is 17.2. The van der Waals surface area contributed by atoms with Gasteiger partial charge in [0.1, 0.15) is 11.9 Å². The molecule has 10 heteroatoms. The van der Waals surface area contributed by atoms with Crippen molar-refractivity contribution in [3.05, 3.63) is 69.5 Å². The van der Waals surface area contributed by atoms with Crippen LogP contribution in [-0.4, -0.2) is 34.4 Å². The number of hydrogen-bond acceptors (Lipinski definition) is 4. The van der Waals surface area contributed by atoms with Gasteiger partial charge in [0, 0.05) is 30.5 Å². The van der Waals surface area contributed by atoms with Gasteiger partial charge in [0.25, 0.3) is 5.91 Å². The van der Waals surface area contributed by atoms with E-state index in [0.29, 0.717) is 16.7 Å². The van der Waals surface area contributed by atoms with Crippen molar-refractivity contribution >= 4 is 35.1 Å². The van der Waals surface area contributed by atoms with E-state index in [9.17, 15) is 32.3 Å². The van der Waals surface area contributed by atoms with Crippen molar-refractivity contribution in [2.75, 3.05) is 0 Å². The fourth-order valence-electron chi connectivity index (χ4n) is 4.05. The first kappa shape index (κ1) is 23.0. The van der Waals surface area contributed by atoms with Crippen LogP contribution in [0, 0.1) is 5.82 Å². The average molecular weight is 479 g/mol. The van der Waals surface area contributed by atoms with Gasteiger partial charge in [-0.3, -0.25) is 24.5 Å². The number of aryl methyl sites for hydroxylation is 1. The SMILES string of the molecule is O=C1CCC(N2Cc3cc(CCC(=O)C(F)(F)c4ccc(F)c(Cl)c4)ccc3C2=O)C(=O)N1. The molecule has 1 atom stereocenters. The minimum atomic E-state index is -3.83. The Morgan fingerprint density at radius 2 is 1.91 bits per heavy atom. The molecule has 2 heterocycles. The van der Waals surface area contributed by atoms with E-state index in [1.54, 1.807) is 18.2 Å². The van der Waals surface area contributed by atoms with E-state index in [1.165, 1.54) is 4.90 Å². The lowest BCUT2D eigenvalue weighted by molar-refractivity contribution is -0.144. The second kappa shape index (κ2) is 8.62. The Morgan fingerprint density at radius 3 is 2.61 bits per heavy atom. The highest BCUT2D eigenvalue weighted by atomic mass is 35.5. The number of ketones is 1. The van der Waals surface area contributed by atoms with Crippen molar-refractivity contribution in [1.29, 1.82) is 0 Å². The number of fused-ring (bicyclic) bond motifs is 1. The maximum absolute atomic E-state index is 14.5. The molecule has 6 nitrogen and oxygen atoms in total. The minimum absolute atomic E-state index is 0.00321. The molecule has 172 valence electrons. The van der Waals surface area contributed by atoms with Gasteiger partial charge in [-0.05, 0) is 48.2 Å².